The number of piperazine rings is 1. The third-order valence-corrected chi connectivity index (χ3v) is 5.43. The van der Waals surface area contributed by atoms with E-state index in [0.717, 1.165) is 23.9 Å². The zero-order chi connectivity index (χ0) is 12.6. The summed E-state index contributed by atoms with van der Waals surface area (Å²) in [6, 6.07) is 0. The van der Waals surface area contributed by atoms with Crippen LogP contribution in [0.4, 0.5) is 5.13 Å². The molecule has 17 heavy (non-hydrogen) atoms. The quantitative estimate of drug-likeness (QED) is 0.802. The van der Waals surface area contributed by atoms with Crippen LogP contribution in [0.25, 0.3) is 0 Å². The van der Waals surface area contributed by atoms with Crippen molar-refractivity contribution in [3.63, 3.8) is 0 Å². The molecule has 0 unspecified atom stereocenters. The van der Waals surface area contributed by atoms with Crippen molar-refractivity contribution < 1.29 is 8.42 Å². The van der Waals surface area contributed by atoms with Crippen LogP contribution in [-0.4, -0.2) is 50.1 Å². The van der Waals surface area contributed by atoms with Gasteiger partial charge in [0.1, 0.15) is 0 Å². The van der Waals surface area contributed by atoms with Gasteiger partial charge in [-0.1, -0.05) is 0 Å². The van der Waals surface area contributed by atoms with E-state index in [2.05, 4.69) is 16.8 Å². The number of sulfonamides is 1. The van der Waals surface area contributed by atoms with Crippen molar-refractivity contribution in [2.24, 2.45) is 0 Å². The summed E-state index contributed by atoms with van der Waals surface area (Å²) in [6.45, 7) is 6.61. The number of hydrogen-bond donors (Lipinski definition) is 0. The van der Waals surface area contributed by atoms with Gasteiger partial charge in [-0.05, 0) is 13.8 Å². The third-order valence-electron chi connectivity index (χ3n) is 3.00. The molecular formula is C10H17N3O2S2. The maximum Gasteiger partial charge on any atom is 0.211 e. The summed E-state index contributed by atoms with van der Waals surface area (Å²) < 4.78 is 24.3. The molecule has 0 aromatic carbocycles. The lowest BCUT2D eigenvalue weighted by molar-refractivity contribution is 0.388. The number of aryl methyl sites for hydroxylation is 2. The van der Waals surface area contributed by atoms with Crippen molar-refractivity contribution in [2.75, 3.05) is 37.3 Å². The van der Waals surface area contributed by atoms with Crippen LogP contribution in [0.3, 0.4) is 0 Å². The first-order chi connectivity index (χ1) is 7.88. The highest BCUT2D eigenvalue weighted by atomic mass is 32.2. The van der Waals surface area contributed by atoms with Gasteiger partial charge in [0, 0.05) is 31.1 Å². The Morgan fingerprint density at radius 1 is 1.18 bits per heavy atom. The normalized spacial score (nSPS) is 18.6. The predicted octanol–water partition coefficient (Wildman–Crippen LogP) is 0.842. The van der Waals surface area contributed by atoms with Gasteiger partial charge >= 0.3 is 0 Å². The maximum absolute atomic E-state index is 11.4. The van der Waals surface area contributed by atoms with Gasteiger partial charge in [0.2, 0.25) is 10.0 Å². The van der Waals surface area contributed by atoms with Gasteiger partial charge < -0.3 is 4.90 Å². The molecule has 0 atom stereocenters. The van der Waals surface area contributed by atoms with Gasteiger partial charge in [-0.2, -0.15) is 4.31 Å². The summed E-state index contributed by atoms with van der Waals surface area (Å²) in [4.78, 5) is 7.88. The second-order valence-electron chi connectivity index (χ2n) is 4.29. The fourth-order valence-corrected chi connectivity index (χ4v) is 3.59. The van der Waals surface area contributed by atoms with Gasteiger partial charge in [-0.3, -0.25) is 0 Å². The Labute approximate surface area is 106 Å². The molecule has 0 bridgehead atoms. The second-order valence-corrected chi connectivity index (χ2v) is 7.45. The predicted molar refractivity (Wildman–Crippen MR) is 70.2 cm³/mol. The zero-order valence-electron chi connectivity index (χ0n) is 10.3. The summed E-state index contributed by atoms with van der Waals surface area (Å²) in [6.07, 6.45) is 1.26. The van der Waals surface area contributed by atoms with E-state index in [0.29, 0.717) is 13.1 Å². The van der Waals surface area contributed by atoms with Crippen molar-refractivity contribution in [2.45, 2.75) is 13.8 Å². The highest BCUT2D eigenvalue weighted by Crippen LogP contribution is 2.26. The first kappa shape index (κ1) is 12.8. The number of hydrogen-bond acceptors (Lipinski definition) is 5. The molecule has 0 aliphatic carbocycles. The second kappa shape index (κ2) is 4.55. The monoisotopic (exact) mass is 275 g/mol. The largest absolute Gasteiger partial charge is 0.345 e. The molecule has 0 saturated carbocycles. The van der Waals surface area contributed by atoms with Crippen LogP contribution < -0.4 is 4.90 Å². The minimum absolute atomic E-state index is 0.552. The number of thiazole rings is 1. The topological polar surface area (TPSA) is 53.5 Å². The lowest BCUT2D eigenvalue weighted by Gasteiger charge is -2.32. The first-order valence-electron chi connectivity index (χ1n) is 5.52. The van der Waals surface area contributed by atoms with E-state index in [-0.39, 0.29) is 0 Å². The molecule has 1 aliphatic rings. The molecule has 2 heterocycles. The maximum atomic E-state index is 11.4. The van der Waals surface area contributed by atoms with Crippen LogP contribution >= 0.6 is 11.3 Å². The SMILES string of the molecule is Cc1nc(N2CCN(S(C)(=O)=O)CC2)sc1C. The van der Waals surface area contributed by atoms with Gasteiger partial charge in [0.05, 0.1) is 11.9 Å². The smallest absolute Gasteiger partial charge is 0.211 e. The van der Waals surface area contributed by atoms with Crippen molar-refractivity contribution >= 4 is 26.5 Å². The van der Waals surface area contributed by atoms with E-state index in [9.17, 15) is 8.42 Å². The Kier molecular flexibility index (Phi) is 3.42. The van der Waals surface area contributed by atoms with Gasteiger partial charge in [-0.25, -0.2) is 13.4 Å². The molecule has 1 aromatic heterocycles. The van der Waals surface area contributed by atoms with E-state index in [1.54, 1.807) is 11.3 Å². The molecule has 1 saturated heterocycles. The fraction of sp³-hybridized carbons (Fsp3) is 0.700. The van der Waals surface area contributed by atoms with Crippen LogP contribution in [0.2, 0.25) is 0 Å². The van der Waals surface area contributed by atoms with Crippen molar-refractivity contribution in [3.8, 4) is 0 Å². The van der Waals surface area contributed by atoms with Crippen molar-refractivity contribution in [1.82, 2.24) is 9.29 Å². The summed E-state index contributed by atoms with van der Waals surface area (Å²) in [5.74, 6) is 0. The molecule has 96 valence electrons. The third kappa shape index (κ3) is 2.78. The summed E-state index contributed by atoms with van der Waals surface area (Å²) in [5.41, 5.74) is 1.07. The van der Waals surface area contributed by atoms with Crippen LogP contribution in [0.1, 0.15) is 10.6 Å². The van der Waals surface area contributed by atoms with Crippen LogP contribution in [-0.2, 0) is 10.0 Å². The molecule has 0 radical (unpaired) electrons. The molecule has 7 heteroatoms. The summed E-state index contributed by atoms with van der Waals surface area (Å²) >= 11 is 1.68. The average molecular weight is 275 g/mol. The van der Waals surface area contributed by atoms with Crippen molar-refractivity contribution in [1.29, 1.82) is 0 Å². The van der Waals surface area contributed by atoms with E-state index >= 15 is 0 Å². The number of aromatic nitrogens is 1. The lowest BCUT2D eigenvalue weighted by atomic mass is 10.4. The minimum Gasteiger partial charge on any atom is -0.345 e. The van der Waals surface area contributed by atoms with Crippen LogP contribution in [0.5, 0.6) is 0 Å². The summed E-state index contributed by atoms with van der Waals surface area (Å²) in [5, 5.41) is 1.01. The minimum atomic E-state index is -3.04. The van der Waals surface area contributed by atoms with E-state index in [1.807, 2.05) is 6.92 Å². The van der Waals surface area contributed by atoms with Crippen molar-refractivity contribution in [3.05, 3.63) is 10.6 Å². The van der Waals surface area contributed by atoms with E-state index in [1.165, 1.54) is 15.4 Å². The molecule has 0 N–H and O–H groups in total. The highest BCUT2D eigenvalue weighted by molar-refractivity contribution is 7.88. The Hall–Kier alpha value is -0.660. The molecule has 0 spiro atoms. The molecule has 1 aromatic rings. The lowest BCUT2D eigenvalue weighted by Crippen LogP contribution is -2.48. The Bertz CT molecular complexity index is 482. The first-order valence-corrected chi connectivity index (χ1v) is 8.18. The fourth-order valence-electron chi connectivity index (χ4n) is 1.80. The van der Waals surface area contributed by atoms with Gasteiger partial charge in [0.15, 0.2) is 5.13 Å². The zero-order valence-corrected chi connectivity index (χ0v) is 11.9. The molecule has 5 nitrogen and oxygen atoms in total. The Morgan fingerprint density at radius 2 is 1.76 bits per heavy atom. The standard InChI is InChI=1S/C10H17N3O2S2/c1-8-9(2)16-10(11-8)12-4-6-13(7-5-12)17(3,14)15/h4-7H2,1-3H3. The van der Waals surface area contributed by atoms with Crippen LogP contribution in [0.15, 0.2) is 0 Å². The Morgan fingerprint density at radius 3 is 2.18 bits per heavy atom. The number of rotatable bonds is 2. The number of nitrogens with zero attached hydrogens (tertiary/aromatic N) is 3. The molecule has 1 aliphatic heterocycles. The average Bonchev–Trinajstić information content (AvgIpc) is 2.58. The van der Waals surface area contributed by atoms with Gasteiger partial charge in [-0.15, -0.1) is 11.3 Å². The highest BCUT2D eigenvalue weighted by Gasteiger charge is 2.24. The van der Waals surface area contributed by atoms with E-state index < -0.39 is 10.0 Å². The van der Waals surface area contributed by atoms with Crippen LogP contribution in [0, 0.1) is 13.8 Å². The molecule has 0 amide bonds. The molecule has 1 fully saturated rings. The molecule has 2 rings (SSSR count). The Balaban J connectivity index is 2.04. The number of anilines is 1. The van der Waals surface area contributed by atoms with Gasteiger partial charge in [0.25, 0.3) is 0 Å². The van der Waals surface area contributed by atoms with E-state index in [4.69, 9.17) is 0 Å². The summed E-state index contributed by atoms with van der Waals surface area (Å²) in [7, 11) is -3.04. The molecular weight excluding hydrogens is 258 g/mol.